The van der Waals surface area contributed by atoms with Crippen molar-refractivity contribution in [2.75, 3.05) is 95.3 Å². The number of anilines is 3. The zero-order valence-electron chi connectivity index (χ0n) is 90.5. The van der Waals surface area contributed by atoms with E-state index in [2.05, 4.69) is 72.5 Å². The zero-order valence-corrected chi connectivity index (χ0v) is 91.4. The number of ether oxygens (including phenoxy) is 9. The molecule has 8 aliphatic carbocycles. The smallest absolute Gasteiger partial charge is 0.416 e. The SMILES string of the molecule is CCOC(=O)C1CC(=CC(C)=O)C1.CCOC(=O)C1CC(=O)C1.CCOC(=O)C1CC(CC(C)=O)C1.CCOC(=O)C1CC(Cc2ccc3c(n2)CCCC3)C1.CCOC(=O)C1CC(Cc2ccc3c(n2)N(C(=O)OC(C)(C)C)CCC3)C1.CCOC(=O)C1CC(Cc2ccc3c(n2)N(C(=O)OC(C)(C)C)CCC3)C1.CCOC(=O)C1CC(Cc2ccc3cccnc3n2)C1.COP(=O)(CC(C)=O)OC.Nc1ncccc1C=O. The van der Waals surface area contributed by atoms with Crippen LogP contribution in [0.4, 0.5) is 27.0 Å². The molecule has 7 fully saturated rings. The molecular weight excluding hydrogens is 1930 g/mol. The minimum atomic E-state index is -3.09. The second-order valence-electron chi connectivity index (χ2n) is 41.3. The maximum atomic E-state index is 12.6. The van der Waals surface area contributed by atoms with Crippen molar-refractivity contribution in [1.82, 2.24) is 29.9 Å². The fourth-order valence-corrected chi connectivity index (χ4v) is 19.7. The highest BCUT2D eigenvalue weighted by Crippen LogP contribution is 2.47. The van der Waals surface area contributed by atoms with Crippen LogP contribution in [0.5, 0.6) is 0 Å². The van der Waals surface area contributed by atoms with Crippen molar-refractivity contribution >= 4 is 119 Å². The summed E-state index contributed by atoms with van der Waals surface area (Å²) in [6, 6.07) is 24.0. The molecule has 816 valence electrons. The average Bonchev–Trinajstić information content (AvgIpc) is 0.788. The quantitative estimate of drug-likeness (QED) is 0.0144. The molecule has 149 heavy (non-hydrogen) atoms. The highest BCUT2D eigenvalue weighted by molar-refractivity contribution is 7.54. The molecule has 16 rings (SSSR count). The molecule has 2 amide bonds. The number of aromatic nitrogens is 6. The van der Waals surface area contributed by atoms with E-state index >= 15 is 0 Å². The Hall–Kier alpha value is -12.0. The summed E-state index contributed by atoms with van der Waals surface area (Å²) >= 11 is 0. The van der Waals surface area contributed by atoms with Gasteiger partial charge < -0.3 is 62.2 Å². The first-order valence-electron chi connectivity index (χ1n) is 52.8. The fourth-order valence-electron chi connectivity index (χ4n) is 18.7. The summed E-state index contributed by atoms with van der Waals surface area (Å²) in [5.41, 5.74) is 15.7. The van der Waals surface area contributed by atoms with E-state index in [0.717, 1.165) is 178 Å². The molecule has 6 aromatic rings. The van der Waals surface area contributed by atoms with E-state index in [9.17, 15) is 71.7 Å². The van der Waals surface area contributed by atoms with Crippen LogP contribution in [0.15, 0.2) is 96.8 Å². The monoisotopic (exact) mass is 2090 g/mol. The largest absolute Gasteiger partial charge is 0.466 e. The van der Waals surface area contributed by atoms with E-state index in [-0.39, 0.29) is 131 Å². The highest BCUT2D eigenvalue weighted by atomic mass is 31.2. The highest BCUT2D eigenvalue weighted by Gasteiger charge is 2.43. The number of carbonyl (C=O) groups excluding carboxylic acids is 14. The van der Waals surface area contributed by atoms with Crippen LogP contribution in [0.3, 0.4) is 0 Å². The molecular formula is C113H158N9O26P. The van der Waals surface area contributed by atoms with Crippen molar-refractivity contribution in [3.63, 3.8) is 0 Å². The summed E-state index contributed by atoms with van der Waals surface area (Å²) in [5.74, 6) is 3.99. The van der Waals surface area contributed by atoms with Gasteiger partial charge in [0.2, 0.25) is 0 Å². The second-order valence-corrected chi connectivity index (χ2v) is 43.5. The van der Waals surface area contributed by atoms with Crippen LogP contribution in [0.25, 0.3) is 11.0 Å². The summed E-state index contributed by atoms with van der Waals surface area (Å²) < 4.78 is 65.9. The Morgan fingerprint density at radius 3 is 1.11 bits per heavy atom. The van der Waals surface area contributed by atoms with Crippen LogP contribution in [-0.4, -0.2) is 204 Å². The predicted molar refractivity (Wildman–Crippen MR) is 561 cm³/mol. The van der Waals surface area contributed by atoms with Gasteiger partial charge in [0.15, 0.2) is 17.7 Å². The fraction of sp³-hybridized carbons (Fsp3) is 0.611. The van der Waals surface area contributed by atoms with Crippen molar-refractivity contribution in [3.05, 3.63) is 148 Å². The predicted octanol–water partition coefficient (Wildman–Crippen LogP) is 18.8. The molecule has 35 nitrogen and oxygen atoms in total. The van der Waals surface area contributed by atoms with Crippen molar-refractivity contribution in [2.45, 2.75) is 295 Å². The van der Waals surface area contributed by atoms with Crippen LogP contribution >= 0.6 is 7.60 Å². The van der Waals surface area contributed by atoms with Gasteiger partial charge in [-0.05, 0) is 372 Å². The Morgan fingerprint density at radius 2 is 0.765 bits per heavy atom. The molecule has 0 spiro atoms. The number of ketones is 4. The van der Waals surface area contributed by atoms with Crippen LogP contribution in [0.1, 0.15) is 288 Å². The number of esters is 7. The molecule has 36 heteroatoms. The van der Waals surface area contributed by atoms with Gasteiger partial charge >= 0.3 is 61.6 Å². The second kappa shape index (κ2) is 60.8. The van der Waals surface area contributed by atoms with Gasteiger partial charge in [-0.3, -0.25) is 72.1 Å². The average molecular weight is 2090 g/mol. The van der Waals surface area contributed by atoms with Gasteiger partial charge in [0.05, 0.1) is 93.2 Å². The number of aldehydes is 1. The van der Waals surface area contributed by atoms with Crippen molar-refractivity contribution in [2.24, 2.45) is 71.0 Å². The third kappa shape index (κ3) is 40.7. The lowest BCUT2D eigenvalue weighted by atomic mass is 9.72. The summed E-state index contributed by atoms with van der Waals surface area (Å²) in [6.45, 7) is 32.8. The van der Waals surface area contributed by atoms with Gasteiger partial charge in [0.25, 0.3) is 0 Å². The Bertz CT molecular complexity index is 5420. The lowest BCUT2D eigenvalue weighted by Gasteiger charge is -2.34. The van der Waals surface area contributed by atoms with Gasteiger partial charge in [-0.25, -0.2) is 34.5 Å². The first-order chi connectivity index (χ1) is 70.9. The molecule has 7 saturated carbocycles. The Balaban J connectivity index is 0.000000209. The minimum absolute atomic E-state index is 0.00875. The zero-order chi connectivity index (χ0) is 109. The molecule has 0 radical (unpaired) electrons. The number of hydrogen-bond donors (Lipinski definition) is 1. The molecule has 8 heterocycles. The number of hydrogen-bond acceptors (Lipinski definition) is 33. The maximum Gasteiger partial charge on any atom is 0.416 e. The first kappa shape index (κ1) is 122. The molecule has 0 bridgehead atoms. The van der Waals surface area contributed by atoms with Crippen molar-refractivity contribution in [3.8, 4) is 0 Å². The van der Waals surface area contributed by atoms with Crippen LogP contribution < -0.4 is 15.5 Å². The number of nitrogens with two attached hydrogens (primary N) is 1. The van der Waals surface area contributed by atoms with Gasteiger partial charge in [-0.15, -0.1) is 0 Å². The molecule has 0 atom stereocenters. The topological polar surface area (TPSA) is 467 Å². The van der Waals surface area contributed by atoms with E-state index in [1.165, 1.54) is 64.3 Å². The molecule has 0 aromatic carbocycles. The number of nitrogen functional groups attached to an aromatic ring is 1. The van der Waals surface area contributed by atoms with Crippen LogP contribution in [0, 0.1) is 71.0 Å². The number of nitrogens with zero attached hydrogens (tertiary/aromatic N) is 8. The molecule has 2 aliphatic heterocycles. The number of carbonyl (C=O) groups is 14. The van der Waals surface area contributed by atoms with Crippen molar-refractivity contribution in [1.29, 1.82) is 0 Å². The number of aryl methyl sites for hydroxylation is 4. The standard InChI is InChI=1S/2C21H30N2O4.C17H23NO2.C16H18N2O2.C10H16O3.C10H14O3.C7H10O3.C6H6N2O.C5H11O4P/c2*1-5-26-19(24)16-11-14(12-16)13-17-9-8-15-7-6-10-23(18(15)22-17)20(25)27-21(2,3)4;1-2-20-17(19)14-9-12(10-14)11-15-8-7-13-5-3-4-6-16(13)18-15;1-2-20-16(19)13-8-11(9-13)10-14-6-5-12-4-3-7-17-15(12)18-14;2*1-3-13-10(12)9-5-8(6-9)4-7(2)11;1-2-10-7(9)5-3-6(8)4-5;7-6-5(4-9)2-1-3-8-6;1-5(6)4-10(7,8-2)9-3/h2*8-9,14,16H,5-7,10-13H2,1-4H3;7-8,12,14H,2-6,9-11H2,1H3;3-7,11,13H,2,8-10H2,1H3;8-9H,3-6H2,1-2H3;4,9H,3,5-6H2,1-2H3;5H,2-4H2,1H3;1-4H,(H2,7,8);4H2,1-3H3. The Labute approximate surface area is 877 Å². The van der Waals surface area contributed by atoms with Crippen LogP contribution in [-0.2, 0) is 160 Å². The van der Waals surface area contributed by atoms with Gasteiger partial charge in [-0.1, -0.05) is 23.8 Å². The van der Waals surface area contributed by atoms with Crippen molar-refractivity contribution < 1.29 is 123 Å². The van der Waals surface area contributed by atoms with E-state index in [1.807, 2.05) is 88.3 Å². The van der Waals surface area contributed by atoms with E-state index < -0.39 is 18.8 Å². The number of fused-ring (bicyclic) bond motifs is 4. The number of Topliss-reactive ketones (excluding diaryl/α,β-unsaturated/α-hetero) is 3. The van der Waals surface area contributed by atoms with E-state index in [1.54, 1.807) is 61.2 Å². The van der Waals surface area contributed by atoms with E-state index in [0.29, 0.717) is 133 Å². The summed E-state index contributed by atoms with van der Waals surface area (Å²) in [4.78, 5) is 187. The molecule has 0 saturated heterocycles. The molecule has 2 N–H and O–H groups in total. The summed E-state index contributed by atoms with van der Waals surface area (Å²) in [6.07, 6.45) is 28.6. The number of amides is 2. The minimum Gasteiger partial charge on any atom is -0.466 e. The third-order valence-electron chi connectivity index (χ3n) is 26.6. The number of allylic oxidation sites excluding steroid dienone is 2. The van der Waals surface area contributed by atoms with E-state index in [4.69, 9.17) is 63.3 Å². The van der Waals surface area contributed by atoms with Gasteiger partial charge in [0, 0.05) is 92.8 Å². The lowest BCUT2D eigenvalue weighted by molar-refractivity contribution is -0.155. The number of rotatable bonds is 30. The Kier molecular flexibility index (Phi) is 49.8. The lowest BCUT2D eigenvalue weighted by Crippen LogP contribution is -2.40. The van der Waals surface area contributed by atoms with Gasteiger partial charge in [0.1, 0.15) is 52.2 Å². The molecule has 10 aliphatic rings. The first-order valence-corrected chi connectivity index (χ1v) is 54.6. The third-order valence-corrected chi connectivity index (χ3v) is 28.6. The van der Waals surface area contributed by atoms with Crippen LogP contribution in [0.2, 0.25) is 0 Å². The van der Waals surface area contributed by atoms with Gasteiger partial charge in [-0.2, -0.15) is 0 Å². The maximum absolute atomic E-state index is 12.6. The summed E-state index contributed by atoms with van der Waals surface area (Å²) in [5, 5.41) is 1.06. The normalized spacial score (nSPS) is 20.7. The Morgan fingerprint density at radius 1 is 0.416 bits per heavy atom. The number of pyridine rings is 6. The molecule has 6 aromatic heterocycles. The molecule has 0 unspecified atom stereocenters. The summed E-state index contributed by atoms with van der Waals surface area (Å²) in [7, 11) is -0.572.